The lowest BCUT2D eigenvalue weighted by Gasteiger charge is -2.40. The summed E-state index contributed by atoms with van der Waals surface area (Å²) in [6.07, 6.45) is 3.19. The summed E-state index contributed by atoms with van der Waals surface area (Å²) >= 11 is 6.04. The topological polar surface area (TPSA) is 75.4 Å². The average Bonchev–Trinajstić information content (AvgIpc) is 2.98. The molecule has 1 fully saturated rings. The van der Waals surface area contributed by atoms with Crippen LogP contribution in [-0.4, -0.2) is 36.3 Å². The van der Waals surface area contributed by atoms with Crippen molar-refractivity contribution in [3.05, 3.63) is 28.8 Å². The molecule has 0 radical (unpaired) electrons. The number of carbonyl (C=O) groups is 2. The smallest absolute Gasteiger partial charge is 0.232 e. The van der Waals surface area contributed by atoms with E-state index < -0.39 is 5.41 Å². The van der Waals surface area contributed by atoms with Crippen LogP contribution in [0.4, 0.5) is 5.69 Å². The molecule has 1 saturated heterocycles. The Morgan fingerprint density at radius 2 is 1.96 bits per heavy atom. The van der Waals surface area contributed by atoms with E-state index in [2.05, 4.69) is 5.32 Å². The van der Waals surface area contributed by atoms with Crippen LogP contribution in [-0.2, 0) is 9.59 Å². The Morgan fingerprint density at radius 3 is 2.54 bits per heavy atom. The van der Waals surface area contributed by atoms with Crippen LogP contribution in [0.2, 0.25) is 5.02 Å². The molecule has 2 heterocycles. The maximum Gasteiger partial charge on any atom is 0.232 e. The number of carbonyl (C=O) groups excluding carboxylic acids is 2. The molecule has 0 spiro atoms. The molecule has 2 aliphatic heterocycles. The molecule has 142 valence electrons. The minimum atomic E-state index is -0.444. The Bertz CT molecular complexity index is 686. The Kier molecular flexibility index (Phi) is 5.58. The second-order valence-electron chi connectivity index (χ2n) is 7.52. The van der Waals surface area contributed by atoms with Crippen molar-refractivity contribution in [3.63, 3.8) is 0 Å². The largest absolute Gasteiger partial charge is 0.342 e. The number of nitrogens with zero attached hydrogens (tertiary/aromatic N) is 1. The first-order valence-corrected chi connectivity index (χ1v) is 9.93. The van der Waals surface area contributed by atoms with Crippen LogP contribution in [0.5, 0.6) is 0 Å². The summed E-state index contributed by atoms with van der Waals surface area (Å²) in [5, 5.41) is 3.58. The van der Waals surface area contributed by atoms with Crippen molar-refractivity contribution in [1.82, 2.24) is 4.90 Å². The predicted octanol–water partition coefficient (Wildman–Crippen LogP) is 3.38. The van der Waals surface area contributed by atoms with Crippen molar-refractivity contribution in [2.75, 3.05) is 25.0 Å². The van der Waals surface area contributed by atoms with Crippen LogP contribution in [0.3, 0.4) is 0 Å². The molecule has 2 aliphatic rings. The SMILES string of the molecule is CCC(CC)(CN)C(=O)N1CCC(C2C(=O)Nc3cc(Cl)ccc32)CC1. The fraction of sp³-hybridized carbons (Fsp3) is 0.600. The molecule has 0 aromatic heterocycles. The molecule has 1 aromatic carbocycles. The van der Waals surface area contributed by atoms with E-state index in [4.69, 9.17) is 17.3 Å². The van der Waals surface area contributed by atoms with Gasteiger partial charge in [-0.05, 0) is 49.3 Å². The van der Waals surface area contributed by atoms with Gasteiger partial charge in [-0.15, -0.1) is 0 Å². The van der Waals surface area contributed by atoms with Crippen LogP contribution in [0.25, 0.3) is 0 Å². The van der Waals surface area contributed by atoms with E-state index in [1.54, 1.807) is 0 Å². The summed E-state index contributed by atoms with van der Waals surface area (Å²) in [6, 6.07) is 5.60. The van der Waals surface area contributed by atoms with Crippen LogP contribution in [0, 0.1) is 11.3 Å². The summed E-state index contributed by atoms with van der Waals surface area (Å²) < 4.78 is 0. The Morgan fingerprint density at radius 1 is 1.31 bits per heavy atom. The minimum absolute atomic E-state index is 0.0467. The first-order chi connectivity index (χ1) is 12.5. The number of rotatable bonds is 5. The van der Waals surface area contributed by atoms with Gasteiger partial charge in [0, 0.05) is 30.3 Å². The number of anilines is 1. The predicted molar refractivity (Wildman–Crippen MR) is 104 cm³/mol. The van der Waals surface area contributed by atoms with E-state index in [0.717, 1.165) is 36.9 Å². The van der Waals surface area contributed by atoms with E-state index in [0.29, 0.717) is 24.7 Å². The number of amides is 2. The Labute approximate surface area is 160 Å². The van der Waals surface area contributed by atoms with Crippen LogP contribution in [0.15, 0.2) is 18.2 Å². The third-order valence-electron chi connectivity index (χ3n) is 6.39. The zero-order valence-electron chi connectivity index (χ0n) is 15.6. The first kappa shape index (κ1) is 19.2. The second-order valence-corrected chi connectivity index (χ2v) is 7.96. The van der Waals surface area contributed by atoms with Gasteiger partial charge in [-0.2, -0.15) is 0 Å². The van der Waals surface area contributed by atoms with Gasteiger partial charge in [-0.25, -0.2) is 0 Å². The van der Waals surface area contributed by atoms with Crippen molar-refractivity contribution in [1.29, 1.82) is 0 Å². The van der Waals surface area contributed by atoms with E-state index >= 15 is 0 Å². The number of benzene rings is 1. The van der Waals surface area contributed by atoms with Gasteiger partial charge in [0.2, 0.25) is 11.8 Å². The number of likely N-dealkylation sites (tertiary alicyclic amines) is 1. The molecule has 0 saturated carbocycles. The molecule has 1 unspecified atom stereocenters. The lowest BCUT2D eigenvalue weighted by molar-refractivity contribution is -0.143. The number of piperidine rings is 1. The molecule has 3 rings (SSSR count). The highest BCUT2D eigenvalue weighted by atomic mass is 35.5. The van der Waals surface area contributed by atoms with Gasteiger partial charge in [-0.1, -0.05) is 31.5 Å². The minimum Gasteiger partial charge on any atom is -0.342 e. The molecule has 5 nitrogen and oxygen atoms in total. The number of hydrogen-bond acceptors (Lipinski definition) is 3. The third kappa shape index (κ3) is 3.23. The van der Waals surface area contributed by atoms with Crippen LogP contribution >= 0.6 is 11.6 Å². The third-order valence-corrected chi connectivity index (χ3v) is 6.62. The number of nitrogens with one attached hydrogen (secondary N) is 1. The van der Waals surface area contributed by atoms with Crippen LogP contribution < -0.4 is 11.1 Å². The second kappa shape index (κ2) is 7.57. The number of nitrogens with two attached hydrogens (primary N) is 1. The van der Waals surface area contributed by atoms with Gasteiger partial charge in [0.05, 0.1) is 11.3 Å². The number of fused-ring (bicyclic) bond motifs is 1. The highest BCUT2D eigenvalue weighted by Crippen LogP contribution is 2.42. The number of halogens is 1. The normalized spacial score (nSPS) is 20.8. The lowest BCUT2D eigenvalue weighted by atomic mass is 9.78. The fourth-order valence-corrected chi connectivity index (χ4v) is 4.60. The summed E-state index contributed by atoms with van der Waals surface area (Å²) in [7, 11) is 0. The zero-order chi connectivity index (χ0) is 18.9. The summed E-state index contributed by atoms with van der Waals surface area (Å²) in [4.78, 5) is 27.4. The first-order valence-electron chi connectivity index (χ1n) is 9.55. The van der Waals surface area contributed by atoms with Crippen molar-refractivity contribution in [3.8, 4) is 0 Å². The average molecular weight is 378 g/mol. The van der Waals surface area contributed by atoms with Crippen molar-refractivity contribution >= 4 is 29.1 Å². The quantitative estimate of drug-likeness (QED) is 0.825. The van der Waals surface area contributed by atoms with Crippen molar-refractivity contribution in [2.45, 2.75) is 45.4 Å². The molecule has 6 heteroatoms. The number of hydrogen-bond donors (Lipinski definition) is 2. The molecular formula is C20H28ClN3O2. The van der Waals surface area contributed by atoms with Crippen molar-refractivity contribution in [2.24, 2.45) is 17.1 Å². The fourth-order valence-electron chi connectivity index (χ4n) is 4.43. The Balaban J connectivity index is 1.70. The summed E-state index contributed by atoms with van der Waals surface area (Å²) in [5.74, 6) is 0.324. The van der Waals surface area contributed by atoms with Gasteiger partial charge in [-0.3, -0.25) is 9.59 Å². The van der Waals surface area contributed by atoms with Gasteiger partial charge < -0.3 is 16.0 Å². The maximum atomic E-state index is 13.0. The molecular weight excluding hydrogens is 350 g/mol. The van der Waals surface area contributed by atoms with Crippen LogP contribution in [0.1, 0.15) is 51.0 Å². The standard InChI is InChI=1S/C20H28ClN3O2/c1-3-20(4-2,12-22)19(26)24-9-7-13(8-10-24)17-15-6-5-14(21)11-16(15)23-18(17)25/h5-6,11,13,17H,3-4,7-10,12,22H2,1-2H3,(H,23,25). The molecule has 1 aromatic rings. The van der Waals surface area contributed by atoms with Gasteiger partial charge in [0.1, 0.15) is 0 Å². The zero-order valence-corrected chi connectivity index (χ0v) is 16.3. The lowest BCUT2D eigenvalue weighted by Crippen LogP contribution is -2.50. The van der Waals surface area contributed by atoms with Crippen molar-refractivity contribution < 1.29 is 9.59 Å². The van der Waals surface area contributed by atoms with Gasteiger partial charge >= 0.3 is 0 Å². The molecule has 26 heavy (non-hydrogen) atoms. The van der Waals surface area contributed by atoms with E-state index in [-0.39, 0.29) is 23.7 Å². The van der Waals surface area contributed by atoms with E-state index in [9.17, 15) is 9.59 Å². The monoisotopic (exact) mass is 377 g/mol. The Hall–Kier alpha value is -1.59. The molecule has 0 aliphatic carbocycles. The van der Waals surface area contributed by atoms with E-state index in [1.807, 2.05) is 36.9 Å². The molecule has 0 bridgehead atoms. The highest BCUT2D eigenvalue weighted by Gasteiger charge is 2.42. The van der Waals surface area contributed by atoms with Gasteiger partial charge in [0.15, 0.2) is 0 Å². The molecule has 3 N–H and O–H groups in total. The highest BCUT2D eigenvalue weighted by molar-refractivity contribution is 6.31. The van der Waals surface area contributed by atoms with E-state index in [1.165, 1.54) is 0 Å². The van der Waals surface area contributed by atoms with Gasteiger partial charge in [0.25, 0.3) is 0 Å². The summed E-state index contributed by atoms with van der Waals surface area (Å²) in [6.45, 7) is 5.84. The molecule has 1 atom stereocenters. The maximum absolute atomic E-state index is 13.0. The summed E-state index contributed by atoms with van der Waals surface area (Å²) in [5.41, 5.74) is 7.35. The molecule has 2 amide bonds.